The smallest absolute Gasteiger partial charge is 0.252 e. The van der Waals surface area contributed by atoms with Crippen molar-refractivity contribution in [1.29, 1.82) is 0 Å². The van der Waals surface area contributed by atoms with Crippen LogP contribution in [-0.2, 0) is 18.3 Å². The predicted octanol–water partition coefficient (Wildman–Crippen LogP) is 3.07. The first-order valence-electron chi connectivity index (χ1n) is 7.55. The third kappa shape index (κ3) is 3.56. The molecule has 2 aromatic carbocycles. The second-order valence-corrected chi connectivity index (χ2v) is 6.42. The van der Waals surface area contributed by atoms with Crippen molar-refractivity contribution < 1.29 is 18.7 Å². The van der Waals surface area contributed by atoms with Crippen molar-refractivity contribution in [2.45, 2.75) is 6.42 Å². The van der Waals surface area contributed by atoms with Crippen LogP contribution in [0.3, 0.4) is 0 Å². The fourth-order valence-corrected chi connectivity index (χ4v) is 3.58. The van der Waals surface area contributed by atoms with Gasteiger partial charge in [0.2, 0.25) is 0 Å². The van der Waals surface area contributed by atoms with Gasteiger partial charge in [-0.2, -0.15) is 4.99 Å². The molecule has 0 aliphatic carbocycles. The Morgan fingerprint density at radius 3 is 2.72 bits per heavy atom. The monoisotopic (exact) mass is 360 g/mol. The molecule has 3 rings (SSSR count). The number of carbonyl (C=O) groups is 1. The maximum atomic E-state index is 13.3. The van der Waals surface area contributed by atoms with Crippen molar-refractivity contribution >= 4 is 27.5 Å². The fraction of sp³-hybridized carbons (Fsp3) is 0.222. The predicted molar refractivity (Wildman–Crippen MR) is 94.6 cm³/mol. The summed E-state index contributed by atoms with van der Waals surface area (Å²) in [5, 5.41) is 0. The number of thiazole rings is 1. The minimum absolute atomic E-state index is 0.107. The first kappa shape index (κ1) is 17.2. The van der Waals surface area contributed by atoms with Gasteiger partial charge in [0.25, 0.3) is 5.91 Å². The quantitative estimate of drug-likeness (QED) is 0.719. The first-order chi connectivity index (χ1) is 12.0. The number of fused-ring (bicyclic) bond motifs is 1. The molecule has 0 radical (unpaired) electrons. The Hall–Kier alpha value is -2.67. The maximum Gasteiger partial charge on any atom is 0.252 e. The summed E-state index contributed by atoms with van der Waals surface area (Å²) in [6.07, 6.45) is 0.107. The van der Waals surface area contributed by atoms with E-state index in [9.17, 15) is 9.18 Å². The van der Waals surface area contributed by atoms with E-state index in [1.165, 1.54) is 23.5 Å². The number of aryl methyl sites for hydroxylation is 1. The van der Waals surface area contributed by atoms with Crippen LogP contribution in [-0.4, -0.2) is 24.7 Å². The molecular weight excluding hydrogens is 343 g/mol. The van der Waals surface area contributed by atoms with E-state index in [2.05, 4.69) is 4.99 Å². The minimum atomic E-state index is -0.310. The molecule has 0 bridgehead atoms. The summed E-state index contributed by atoms with van der Waals surface area (Å²) >= 11 is 1.28. The Balaban J connectivity index is 1.92. The second kappa shape index (κ2) is 7.06. The number of hydrogen-bond donors (Lipinski definition) is 0. The highest BCUT2D eigenvalue weighted by Crippen LogP contribution is 2.25. The molecule has 0 atom stereocenters. The van der Waals surface area contributed by atoms with E-state index in [0.717, 1.165) is 15.8 Å². The number of methoxy groups -OCH3 is 2. The summed E-state index contributed by atoms with van der Waals surface area (Å²) in [6, 6.07) is 9.79. The molecule has 0 N–H and O–H groups in total. The van der Waals surface area contributed by atoms with Gasteiger partial charge >= 0.3 is 0 Å². The van der Waals surface area contributed by atoms with Crippen molar-refractivity contribution in [2.24, 2.45) is 12.0 Å². The number of hydrogen-bond acceptors (Lipinski definition) is 4. The highest BCUT2D eigenvalue weighted by Gasteiger charge is 2.11. The summed E-state index contributed by atoms with van der Waals surface area (Å²) < 4.78 is 26.3. The van der Waals surface area contributed by atoms with Gasteiger partial charge in [-0.15, -0.1) is 0 Å². The van der Waals surface area contributed by atoms with Crippen molar-refractivity contribution in [2.75, 3.05) is 14.2 Å². The molecule has 1 aromatic heterocycles. The van der Waals surface area contributed by atoms with E-state index in [1.807, 2.05) is 0 Å². The lowest BCUT2D eigenvalue weighted by molar-refractivity contribution is -0.117. The first-order valence-corrected chi connectivity index (χ1v) is 8.37. The average molecular weight is 360 g/mol. The second-order valence-electron chi connectivity index (χ2n) is 5.42. The number of nitrogens with zero attached hydrogens (tertiary/aromatic N) is 2. The average Bonchev–Trinajstić information content (AvgIpc) is 2.90. The molecule has 0 spiro atoms. The Morgan fingerprint density at radius 1 is 1.20 bits per heavy atom. The molecule has 0 saturated heterocycles. The van der Waals surface area contributed by atoms with E-state index < -0.39 is 0 Å². The molecule has 1 heterocycles. The molecule has 0 fully saturated rings. The molecule has 130 valence electrons. The summed E-state index contributed by atoms with van der Waals surface area (Å²) in [6.45, 7) is 0. The Morgan fingerprint density at radius 2 is 2.00 bits per heavy atom. The van der Waals surface area contributed by atoms with Crippen LogP contribution >= 0.6 is 11.3 Å². The molecule has 0 aliphatic heterocycles. The Labute approximate surface area is 148 Å². The lowest BCUT2D eigenvalue weighted by Crippen LogP contribution is -2.14. The number of halogens is 1. The number of ether oxygens (including phenoxy) is 2. The lowest BCUT2D eigenvalue weighted by atomic mass is 10.1. The van der Waals surface area contributed by atoms with Gasteiger partial charge in [-0.1, -0.05) is 17.4 Å². The maximum absolute atomic E-state index is 13.3. The highest BCUT2D eigenvalue weighted by atomic mass is 32.1. The van der Waals surface area contributed by atoms with E-state index in [1.54, 1.807) is 50.1 Å². The van der Waals surface area contributed by atoms with Crippen LogP contribution < -0.4 is 14.3 Å². The van der Waals surface area contributed by atoms with Crippen LogP contribution in [0.1, 0.15) is 5.56 Å². The van der Waals surface area contributed by atoms with Crippen LogP contribution in [0.2, 0.25) is 0 Å². The normalized spacial score (nSPS) is 11.8. The van der Waals surface area contributed by atoms with E-state index in [4.69, 9.17) is 9.47 Å². The van der Waals surface area contributed by atoms with Gasteiger partial charge in [0.1, 0.15) is 17.3 Å². The van der Waals surface area contributed by atoms with E-state index >= 15 is 0 Å². The van der Waals surface area contributed by atoms with E-state index in [0.29, 0.717) is 16.3 Å². The molecule has 5 nitrogen and oxygen atoms in total. The Bertz CT molecular complexity index is 1010. The summed E-state index contributed by atoms with van der Waals surface area (Å²) in [5.74, 6) is 0.620. The zero-order chi connectivity index (χ0) is 18.0. The minimum Gasteiger partial charge on any atom is -0.497 e. The topological polar surface area (TPSA) is 52.8 Å². The summed E-state index contributed by atoms with van der Waals surface area (Å²) in [4.78, 5) is 17.1. The molecule has 25 heavy (non-hydrogen) atoms. The number of aromatic nitrogens is 1. The van der Waals surface area contributed by atoms with Gasteiger partial charge < -0.3 is 14.0 Å². The molecule has 3 aromatic rings. The van der Waals surface area contributed by atoms with Crippen molar-refractivity contribution in [3.05, 3.63) is 52.6 Å². The van der Waals surface area contributed by atoms with Crippen molar-refractivity contribution in [3.8, 4) is 11.5 Å². The molecule has 7 heteroatoms. The van der Waals surface area contributed by atoms with Gasteiger partial charge in [0.05, 0.1) is 30.9 Å². The Kier molecular flexibility index (Phi) is 4.85. The number of benzene rings is 2. The van der Waals surface area contributed by atoms with Gasteiger partial charge in [-0.3, -0.25) is 4.79 Å². The number of rotatable bonds is 4. The van der Waals surface area contributed by atoms with Crippen LogP contribution in [0.15, 0.2) is 41.4 Å². The zero-order valence-electron chi connectivity index (χ0n) is 14.1. The van der Waals surface area contributed by atoms with Gasteiger partial charge in [-0.25, -0.2) is 4.39 Å². The van der Waals surface area contributed by atoms with Gasteiger partial charge in [-0.05, 0) is 24.3 Å². The van der Waals surface area contributed by atoms with E-state index in [-0.39, 0.29) is 18.1 Å². The molecule has 0 aliphatic rings. The summed E-state index contributed by atoms with van der Waals surface area (Å²) in [5.41, 5.74) is 1.56. The highest BCUT2D eigenvalue weighted by molar-refractivity contribution is 7.16. The van der Waals surface area contributed by atoms with Gasteiger partial charge in [0, 0.05) is 18.7 Å². The summed E-state index contributed by atoms with van der Waals surface area (Å²) in [7, 11) is 4.91. The number of amides is 1. The fourth-order valence-electron chi connectivity index (χ4n) is 2.52. The number of carbonyl (C=O) groups excluding carboxylic acids is 1. The van der Waals surface area contributed by atoms with Crippen LogP contribution in [0.4, 0.5) is 4.39 Å². The third-order valence-corrected chi connectivity index (χ3v) is 4.92. The molecule has 1 amide bonds. The molecular formula is C18H17FN2O3S. The molecule has 0 saturated carbocycles. The van der Waals surface area contributed by atoms with Gasteiger partial charge in [0.15, 0.2) is 4.80 Å². The van der Waals surface area contributed by atoms with Crippen LogP contribution in [0, 0.1) is 5.82 Å². The standard InChI is InChI=1S/C18H17FN2O3S/c1-21-14-7-5-12(19)9-16(14)25-18(21)20-17(22)8-11-4-6-13(23-2)10-15(11)24-3/h4-7,9-10H,8H2,1-3H3. The molecule has 0 unspecified atom stereocenters. The zero-order valence-corrected chi connectivity index (χ0v) is 14.9. The van der Waals surface area contributed by atoms with Crippen molar-refractivity contribution in [3.63, 3.8) is 0 Å². The largest absolute Gasteiger partial charge is 0.497 e. The third-order valence-electron chi connectivity index (χ3n) is 3.83. The van der Waals surface area contributed by atoms with Crippen molar-refractivity contribution in [1.82, 2.24) is 4.57 Å². The lowest BCUT2D eigenvalue weighted by Gasteiger charge is -2.08. The van der Waals surface area contributed by atoms with Crippen LogP contribution in [0.25, 0.3) is 10.2 Å². The SMILES string of the molecule is COc1ccc(CC(=O)N=c2sc3cc(F)ccc3n2C)c(OC)c1. The van der Waals surface area contributed by atoms with Crippen LogP contribution in [0.5, 0.6) is 11.5 Å².